The summed E-state index contributed by atoms with van der Waals surface area (Å²) in [7, 11) is 0. The molecule has 0 aliphatic heterocycles. The largest absolute Gasteiger partial charge is 0.455 e. The zero-order valence-electron chi connectivity index (χ0n) is 38.5. The number of hydrogen-bond acceptors (Lipinski definition) is 3. The number of rotatable bonds is 7. The molecular formula is C65H47NO2. The molecule has 0 unspecified atom stereocenters. The maximum absolute atomic E-state index is 6.51. The van der Waals surface area contributed by atoms with E-state index in [-0.39, 0.29) is 5.41 Å². The third-order valence-corrected chi connectivity index (χ3v) is 14.6. The molecule has 0 spiro atoms. The highest BCUT2D eigenvalue weighted by Gasteiger charge is 2.36. The van der Waals surface area contributed by atoms with E-state index in [1.54, 1.807) is 0 Å². The molecule has 0 radical (unpaired) electrons. The molecule has 13 rings (SSSR count). The van der Waals surface area contributed by atoms with Crippen LogP contribution in [0.25, 0.3) is 99.5 Å². The molecule has 1 aliphatic carbocycles. The van der Waals surface area contributed by atoms with Gasteiger partial charge < -0.3 is 13.7 Å². The summed E-state index contributed by atoms with van der Waals surface area (Å²) in [6.07, 6.45) is 0. The molecule has 0 atom stereocenters. The monoisotopic (exact) mass is 873 g/mol. The predicted molar refractivity (Wildman–Crippen MR) is 284 cm³/mol. The van der Waals surface area contributed by atoms with Crippen molar-refractivity contribution in [3.63, 3.8) is 0 Å². The zero-order valence-corrected chi connectivity index (χ0v) is 38.5. The molecule has 0 saturated carbocycles. The van der Waals surface area contributed by atoms with Crippen LogP contribution in [-0.4, -0.2) is 0 Å². The van der Waals surface area contributed by atoms with E-state index in [9.17, 15) is 0 Å². The molecule has 2 heterocycles. The second kappa shape index (κ2) is 15.3. The molecule has 3 heteroatoms. The van der Waals surface area contributed by atoms with Gasteiger partial charge in [-0.15, -0.1) is 0 Å². The highest BCUT2D eigenvalue weighted by Crippen LogP contribution is 2.52. The number of benzene rings is 10. The molecule has 0 fully saturated rings. The Bertz CT molecular complexity index is 3960. The molecule has 2 aromatic heterocycles. The highest BCUT2D eigenvalue weighted by molar-refractivity contribution is 6.11. The number of fused-ring (bicyclic) bond motifs is 9. The molecule has 68 heavy (non-hydrogen) atoms. The molecule has 0 bridgehead atoms. The Balaban J connectivity index is 0.881. The Hall–Kier alpha value is -8.40. The molecule has 3 nitrogen and oxygen atoms in total. The summed E-state index contributed by atoms with van der Waals surface area (Å²) < 4.78 is 12.9. The number of nitrogens with zero attached hydrogens (tertiary/aromatic N) is 1. The number of anilines is 3. The van der Waals surface area contributed by atoms with Crippen LogP contribution in [0.1, 0.15) is 36.1 Å². The molecule has 0 amide bonds. The maximum Gasteiger partial charge on any atom is 0.143 e. The summed E-state index contributed by atoms with van der Waals surface area (Å²) in [5.41, 5.74) is 23.8. The van der Waals surface area contributed by atoms with Crippen LogP contribution < -0.4 is 4.90 Å². The van der Waals surface area contributed by atoms with Crippen LogP contribution in [0.3, 0.4) is 0 Å². The van der Waals surface area contributed by atoms with E-state index in [2.05, 4.69) is 227 Å². The van der Waals surface area contributed by atoms with Gasteiger partial charge in [0.05, 0.1) is 0 Å². The fraction of sp³-hybridized carbons (Fsp3) is 0.0769. The minimum absolute atomic E-state index is 0.249. The topological polar surface area (TPSA) is 29.5 Å². The van der Waals surface area contributed by atoms with Gasteiger partial charge in [-0.2, -0.15) is 0 Å². The van der Waals surface area contributed by atoms with Crippen molar-refractivity contribution in [2.24, 2.45) is 0 Å². The SMILES string of the molecule is Cc1cc(-c2cccc3c2oc2ccccc23)ccc1-c1ccc(N(c2ccc(-c3ccccc3)cc2)c2ccc3c(c2)C(C)(C)c2cc(-c4cccc5c4oc4ccccc45)ccc2-3)cc1C. The lowest BCUT2D eigenvalue weighted by atomic mass is 9.81. The van der Waals surface area contributed by atoms with Crippen LogP contribution in [-0.2, 0) is 5.41 Å². The summed E-state index contributed by atoms with van der Waals surface area (Å²) in [5.74, 6) is 0. The van der Waals surface area contributed by atoms with Crippen molar-refractivity contribution in [3.05, 3.63) is 235 Å². The van der Waals surface area contributed by atoms with Crippen LogP contribution in [0.4, 0.5) is 17.1 Å². The van der Waals surface area contributed by atoms with Gasteiger partial charge in [-0.05, 0) is 135 Å². The highest BCUT2D eigenvalue weighted by atomic mass is 16.3. The Morgan fingerprint density at radius 3 is 1.37 bits per heavy atom. The lowest BCUT2D eigenvalue weighted by Crippen LogP contribution is -2.16. The summed E-state index contributed by atoms with van der Waals surface area (Å²) in [6.45, 7) is 9.20. The molecule has 1 aliphatic rings. The third kappa shape index (κ3) is 6.27. The van der Waals surface area contributed by atoms with Gasteiger partial charge in [0.1, 0.15) is 22.3 Å². The van der Waals surface area contributed by atoms with Crippen molar-refractivity contribution in [2.75, 3.05) is 4.90 Å². The molecular weight excluding hydrogens is 827 g/mol. The van der Waals surface area contributed by atoms with Crippen molar-refractivity contribution < 1.29 is 8.83 Å². The summed E-state index contributed by atoms with van der Waals surface area (Å²) in [6, 6.07) is 77.0. The van der Waals surface area contributed by atoms with E-state index >= 15 is 0 Å². The normalized spacial score (nSPS) is 12.8. The smallest absolute Gasteiger partial charge is 0.143 e. The Morgan fingerprint density at radius 2 is 0.765 bits per heavy atom. The summed E-state index contributed by atoms with van der Waals surface area (Å²) >= 11 is 0. The molecule has 0 saturated heterocycles. The first-order chi connectivity index (χ1) is 33.3. The van der Waals surface area contributed by atoms with Gasteiger partial charge in [-0.1, -0.05) is 172 Å². The van der Waals surface area contributed by atoms with Gasteiger partial charge >= 0.3 is 0 Å². The van der Waals surface area contributed by atoms with E-state index in [1.807, 2.05) is 18.2 Å². The predicted octanol–water partition coefficient (Wildman–Crippen LogP) is 18.5. The quantitative estimate of drug-likeness (QED) is 0.160. The molecule has 12 aromatic rings. The van der Waals surface area contributed by atoms with Gasteiger partial charge in [-0.25, -0.2) is 0 Å². The van der Waals surface area contributed by atoms with E-state index in [4.69, 9.17) is 8.83 Å². The lowest BCUT2D eigenvalue weighted by Gasteiger charge is -2.29. The van der Waals surface area contributed by atoms with Gasteiger partial charge in [0, 0.05) is 55.1 Å². The standard InChI is InChI=1S/C65H47NO2/c1-40-36-44(51-18-12-20-57-55-16-8-10-22-61(55)67-63(51)57)26-32-49(40)50-34-30-47(37-41(50)2)66(46-28-24-43(25-29-46)42-14-6-5-7-15-42)48-31-35-54-53-33-27-45(38-59(53)65(3,4)60(54)39-48)52-19-13-21-58-56-17-9-11-23-62(56)68-64(52)58/h5-39H,1-4H3. The Labute approximate surface area is 396 Å². The Kier molecular flexibility index (Phi) is 9.00. The summed E-state index contributed by atoms with van der Waals surface area (Å²) in [5, 5.41) is 4.58. The number of aryl methyl sites for hydroxylation is 2. The van der Waals surface area contributed by atoms with Gasteiger partial charge in [0.15, 0.2) is 0 Å². The molecule has 10 aromatic carbocycles. The first kappa shape index (κ1) is 39.9. The number of hydrogen-bond donors (Lipinski definition) is 0. The number of furan rings is 2. The van der Waals surface area contributed by atoms with Crippen molar-refractivity contribution >= 4 is 60.9 Å². The van der Waals surface area contributed by atoms with Crippen molar-refractivity contribution in [2.45, 2.75) is 33.1 Å². The van der Waals surface area contributed by atoms with Crippen LogP contribution in [0.5, 0.6) is 0 Å². The number of para-hydroxylation sites is 4. The second-order valence-corrected chi connectivity index (χ2v) is 19.0. The van der Waals surface area contributed by atoms with Gasteiger partial charge in [0.25, 0.3) is 0 Å². The van der Waals surface area contributed by atoms with E-state index < -0.39 is 0 Å². The minimum Gasteiger partial charge on any atom is -0.455 e. The van der Waals surface area contributed by atoms with Crippen molar-refractivity contribution in [1.29, 1.82) is 0 Å². The zero-order chi connectivity index (χ0) is 45.7. The average molecular weight is 874 g/mol. The van der Waals surface area contributed by atoms with Crippen LogP contribution in [0.15, 0.2) is 221 Å². The van der Waals surface area contributed by atoms with E-state index in [1.165, 1.54) is 61.2 Å². The second-order valence-electron chi connectivity index (χ2n) is 19.0. The molecule has 0 N–H and O–H groups in total. The average Bonchev–Trinajstić information content (AvgIpc) is 4.02. The fourth-order valence-corrected chi connectivity index (χ4v) is 11.1. The molecule has 324 valence electrons. The minimum atomic E-state index is -0.249. The van der Waals surface area contributed by atoms with Crippen LogP contribution in [0, 0.1) is 13.8 Å². The van der Waals surface area contributed by atoms with Crippen LogP contribution >= 0.6 is 0 Å². The van der Waals surface area contributed by atoms with Crippen molar-refractivity contribution in [1.82, 2.24) is 0 Å². The van der Waals surface area contributed by atoms with Gasteiger partial charge in [-0.3, -0.25) is 0 Å². The first-order valence-electron chi connectivity index (χ1n) is 23.6. The Morgan fingerprint density at radius 1 is 0.324 bits per heavy atom. The van der Waals surface area contributed by atoms with E-state index in [0.29, 0.717) is 0 Å². The first-order valence-corrected chi connectivity index (χ1v) is 23.6. The van der Waals surface area contributed by atoms with Gasteiger partial charge in [0.2, 0.25) is 0 Å². The fourth-order valence-electron chi connectivity index (χ4n) is 11.1. The lowest BCUT2D eigenvalue weighted by molar-refractivity contribution is 0.660. The summed E-state index contributed by atoms with van der Waals surface area (Å²) in [4.78, 5) is 2.42. The van der Waals surface area contributed by atoms with E-state index in [0.717, 1.165) is 77.6 Å². The maximum atomic E-state index is 6.51. The third-order valence-electron chi connectivity index (χ3n) is 14.6. The van der Waals surface area contributed by atoms with Crippen molar-refractivity contribution in [3.8, 4) is 55.6 Å². The van der Waals surface area contributed by atoms with Crippen LogP contribution in [0.2, 0.25) is 0 Å².